The minimum absolute atomic E-state index is 0.153. The summed E-state index contributed by atoms with van der Waals surface area (Å²) >= 11 is 0. The van der Waals surface area contributed by atoms with Gasteiger partial charge in [-0.05, 0) is 24.8 Å². The number of amides is 1. The molecule has 4 rings (SSSR count). The summed E-state index contributed by atoms with van der Waals surface area (Å²) in [5.74, 6) is 1.39. The van der Waals surface area contributed by atoms with Gasteiger partial charge in [0.05, 0.1) is 24.5 Å². The minimum Gasteiger partial charge on any atom is -0.387 e. The van der Waals surface area contributed by atoms with Crippen LogP contribution in [0.2, 0.25) is 0 Å². The van der Waals surface area contributed by atoms with Crippen molar-refractivity contribution in [3.05, 3.63) is 41.2 Å². The summed E-state index contributed by atoms with van der Waals surface area (Å²) < 4.78 is 3.09. The molecular formula is C24H35N5O3. The molecule has 8 heteroatoms. The highest BCUT2D eigenvalue weighted by molar-refractivity contribution is 5.76. The molecule has 2 aromatic heterocycles. The largest absolute Gasteiger partial charge is 0.387 e. The third-order valence-electron chi connectivity index (χ3n) is 7.52. The standard InChI is InChI=1S/C24H35N5O3/c1-23(2)17-27(21(30)10-9-19-7-4-3-5-8-19)14-11-24(23,32)18-28-16-20(25-15-22(28)31)29-13-6-12-26-29/h6,12-13,15-16,19,32H,3-5,7-11,14,17-18H2,1-2H3. The van der Waals surface area contributed by atoms with Crippen LogP contribution in [0.3, 0.4) is 0 Å². The van der Waals surface area contributed by atoms with E-state index in [4.69, 9.17) is 0 Å². The van der Waals surface area contributed by atoms with Crippen molar-refractivity contribution in [2.45, 2.75) is 77.4 Å². The predicted molar refractivity (Wildman–Crippen MR) is 121 cm³/mol. The number of rotatable bonds is 6. The molecule has 3 heterocycles. The molecule has 2 aliphatic rings. The van der Waals surface area contributed by atoms with E-state index in [2.05, 4.69) is 10.1 Å². The van der Waals surface area contributed by atoms with E-state index in [-0.39, 0.29) is 18.0 Å². The Balaban J connectivity index is 1.42. The van der Waals surface area contributed by atoms with Crippen molar-refractivity contribution in [1.82, 2.24) is 24.2 Å². The van der Waals surface area contributed by atoms with Gasteiger partial charge in [0.25, 0.3) is 5.56 Å². The number of piperidine rings is 1. The van der Waals surface area contributed by atoms with Crippen LogP contribution >= 0.6 is 0 Å². The first-order valence-corrected chi connectivity index (χ1v) is 11.8. The Hall–Kier alpha value is -2.48. The van der Waals surface area contributed by atoms with Crippen LogP contribution < -0.4 is 5.56 Å². The van der Waals surface area contributed by atoms with Gasteiger partial charge in [-0.25, -0.2) is 9.67 Å². The van der Waals surface area contributed by atoms with Crippen LogP contribution in [0.5, 0.6) is 0 Å². The average molecular weight is 442 g/mol. The molecule has 1 saturated heterocycles. The molecule has 1 unspecified atom stereocenters. The summed E-state index contributed by atoms with van der Waals surface area (Å²) in [7, 11) is 0. The van der Waals surface area contributed by atoms with Crippen molar-refractivity contribution in [2.75, 3.05) is 13.1 Å². The van der Waals surface area contributed by atoms with Crippen LogP contribution in [0.25, 0.3) is 5.82 Å². The van der Waals surface area contributed by atoms with E-state index in [0.717, 1.165) is 6.42 Å². The Morgan fingerprint density at radius 3 is 2.72 bits per heavy atom. The van der Waals surface area contributed by atoms with Gasteiger partial charge in [0.2, 0.25) is 5.91 Å². The summed E-state index contributed by atoms with van der Waals surface area (Å²) in [4.78, 5) is 31.4. The summed E-state index contributed by atoms with van der Waals surface area (Å²) in [5.41, 5.74) is -1.93. The zero-order chi connectivity index (χ0) is 22.8. The number of likely N-dealkylation sites (tertiary alicyclic amines) is 1. The summed E-state index contributed by atoms with van der Waals surface area (Å²) in [6.07, 6.45) is 14.7. The molecule has 2 fully saturated rings. The number of hydrogen-bond donors (Lipinski definition) is 1. The number of aromatic nitrogens is 4. The topological polar surface area (TPSA) is 93.2 Å². The maximum Gasteiger partial charge on any atom is 0.269 e. The lowest BCUT2D eigenvalue weighted by Gasteiger charge is -2.50. The molecule has 0 bridgehead atoms. The molecule has 1 N–H and O–H groups in total. The van der Waals surface area contributed by atoms with E-state index in [1.54, 1.807) is 29.3 Å². The van der Waals surface area contributed by atoms with E-state index in [0.29, 0.717) is 37.7 Å². The monoisotopic (exact) mass is 441 g/mol. The molecule has 1 atom stereocenters. The van der Waals surface area contributed by atoms with E-state index < -0.39 is 11.0 Å². The van der Waals surface area contributed by atoms with Crippen LogP contribution in [-0.2, 0) is 11.3 Å². The van der Waals surface area contributed by atoms with Gasteiger partial charge < -0.3 is 14.6 Å². The fraction of sp³-hybridized carbons (Fsp3) is 0.667. The molecule has 0 radical (unpaired) electrons. The van der Waals surface area contributed by atoms with Gasteiger partial charge in [0.1, 0.15) is 0 Å². The maximum atomic E-state index is 12.9. The lowest BCUT2D eigenvalue weighted by atomic mass is 9.69. The second-order valence-electron chi connectivity index (χ2n) is 10.2. The second kappa shape index (κ2) is 9.17. The third-order valence-corrected chi connectivity index (χ3v) is 7.52. The van der Waals surface area contributed by atoms with Crippen LogP contribution in [0.15, 0.2) is 35.6 Å². The molecular weight excluding hydrogens is 406 g/mol. The van der Waals surface area contributed by atoms with Crippen molar-refractivity contribution >= 4 is 5.91 Å². The molecule has 1 amide bonds. The van der Waals surface area contributed by atoms with Gasteiger partial charge in [-0.1, -0.05) is 46.0 Å². The quantitative estimate of drug-likeness (QED) is 0.744. The first kappa shape index (κ1) is 22.7. The Morgan fingerprint density at radius 1 is 1.25 bits per heavy atom. The number of nitrogens with zero attached hydrogens (tertiary/aromatic N) is 5. The number of carbonyl (C=O) groups is 1. The molecule has 8 nitrogen and oxygen atoms in total. The van der Waals surface area contributed by atoms with Gasteiger partial charge in [-0.15, -0.1) is 0 Å². The molecule has 1 aliphatic heterocycles. The van der Waals surface area contributed by atoms with Gasteiger partial charge in [0.15, 0.2) is 5.82 Å². The minimum atomic E-state index is -1.11. The van der Waals surface area contributed by atoms with E-state index >= 15 is 0 Å². The van der Waals surface area contributed by atoms with E-state index in [1.165, 1.54) is 42.9 Å². The molecule has 1 aliphatic carbocycles. The molecule has 32 heavy (non-hydrogen) atoms. The Morgan fingerprint density at radius 2 is 2.03 bits per heavy atom. The predicted octanol–water partition coefficient (Wildman–Crippen LogP) is 2.78. The summed E-state index contributed by atoms with van der Waals surface area (Å²) in [5, 5.41) is 15.8. The number of hydrogen-bond acceptors (Lipinski definition) is 5. The maximum absolute atomic E-state index is 12.9. The lowest BCUT2D eigenvalue weighted by Crippen LogP contribution is -2.60. The SMILES string of the molecule is CC1(C)CN(C(=O)CCC2CCCCC2)CCC1(O)Cn1cc(-n2cccn2)ncc1=O. The second-order valence-corrected chi connectivity index (χ2v) is 10.2. The zero-order valence-electron chi connectivity index (χ0n) is 19.2. The first-order valence-electron chi connectivity index (χ1n) is 11.8. The van der Waals surface area contributed by atoms with Crippen LogP contribution in [-0.4, -0.2) is 53.9 Å². The Kier molecular flexibility index (Phi) is 6.51. The molecule has 174 valence electrons. The fourth-order valence-corrected chi connectivity index (χ4v) is 5.19. The normalized spacial score (nSPS) is 23.9. The molecule has 0 spiro atoms. The zero-order valence-corrected chi connectivity index (χ0v) is 19.2. The Labute approximate surface area is 189 Å². The van der Waals surface area contributed by atoms with E-state index in [1.807, 2.05) is 18.7 Å². The lowest BCUT2D eigenvalue weighted by molar-refractivity contribution is -0.154. The van der Waals surface area contributed by atoms with Crippen LogP contribution in [0, 0.1) is 11.3 Å². The highest BCUT2D eigenvalue weighted by Gasteiger charge is 2.48. The van der Waals surface area contributed by atoms with Crippen LogP contribution in [0.4, 0.5) is 0 Å². The van der Waals surface area contributed by atoms with E-state index in [9.17, 15) is 14.7 Å². The van der Waals surface area contributed by atoms with Crippen LogP contribution in [0.1, 0.15) is 65.2 Å². The van der Waals surface area contributed by atoms with Crippen molar-refractivity contribution in [2.24, 2.45) is 11.3 Å². The first-order chi connectivity index (χ1) is 15.3. The summed E-state index contributed by atoms with van der Waals surface area (Å²) in [6, 6.07) is 1.79. The number of aliphatic hydroxyl groups is 1. The van der Waals surface area contributed by atoms with Crippen molar-refractivity contribution in [3.63, 3.8) is 0 Å². The van der Waals surface area contributed by atoms with Crippen molar-refractivity contribution in [3.8, 4) is 5.82 Å². The van der Waals surface area contributed by atoms with Gasteiger partial charge in [0, 0.05) is 37.3 Å². The highest BCUT2D eigenvalue weighted by Crippen LogP contribution is 2.40. The molecule has 1 saturated carbocycles. The van der Waals surface area contributed by atoms with Gasteiger partial charge in [-0.2, -0.15) is 5.10 Å². The third kappa shape index (κ3) is 4.80. The van der Waals surface area contributed by atoms with Gasteiger partial charge in [-0.3, -0.25) is 9.59 Å². The highest BCUT2D eigenvalue weighted by atomic mass is 16.3. The average Bonchev–Trinajstić information content (AvgIpc) is 3.31. The molecule has 0 aromatic carbocycles. The number of carbonyl (C=O) groups excluding carboxylic acids is 1. The Bertz CT molecular complexity index is 978. The summed E-state index contributed by atoms with van der Waals surface area (Å²) in [6.45, 7) is 5.11. The smallest absolute Gasteiger partial charge is 0.269 e. The van der Waals surface area contributed by atoms with Crippen molar-refractivity contribution < 1.29 is 9.90 Å². The van der Waals surface area contributed by atoms with Crippen molar-refractivity contribution in [1.29, 1.82) is 0 Å². The molecule has 2 aromatic rings. The van der Waals surface area contributed by atoms with Gasteiger partial charge >= 0.3 is 0 Å². The fourth-order valence-electron chi connectivity index (χ4n) is 5.19.